The number of thioether (sulfide) groups is 1. The third-order valence-electron chi connectivity index (χ3n) is 2.61. The van der Waals surface area contributed by atoms with Gasteiger partial charge in [0.15, 0.2) is 5.16 Å². The van der Waals surface area contributed by atoms with Gasteiger partial charge in [-0.1, -0.05) is 23.9 Å². The minimum absolute atomic E-state index is 0.546. The standard InChI is InChI=1S/C13H15N3OS/c1-17-11-5-3-9(4-6-11)7-10-8-15-13(18-2)16-12(10)14/h3-6,8H,7H2,1-2H3,(H2,14,15,16). The summed E-state index contributed by atoms with van der Waals surface area (Å²) in [6, 6.07) is 7.90. The number of anilines is 1. The number of hydrogen-bond donors (Lipinski definition) is 1. The molecule has 0 atom stereocenters. The van der Waals surface area contributed by atoms with Gasteiger partial charge in [0.2, 0.25) is 0 Å². The van der Waals surface area contributed by atoms with Crippen molar-refractivity contribution in [2.45, 2.75) is 11.6 Å². The molecule has 0 spiro atoms. The molecule has 5 heteroatoms. The summed E-state index contributed by atoms with van der Waals surface area (Å²) in [5.41, 5.74) is 8.01. The minimum atomic E-state index is 0.546. The fourth-order valence-electron chi connectivity index (χ4n) is 1.60. The van der Waals surface area contributed by atoms with Crippen molar-refractivity contribution < 1.29 is 4.74 Å². The molecule has 2 aromatic rings. The van der Waals surface area contributed by atoms with E-state index in [0.717, 1.165) is 23.3 Å². The number of ether oxygens (including phenoxy) is 1. The van der Waals surface area contributed by atoms with E-state index in [-0.39, 0.29) is 0 Å². The zero-order valence-corrected chi connectivity index (χ0v) is 11.2. The van der Waals surface area contributed by atoms with Gasteiger partial charge in [-0.3, -0.25) is 0 Å². The van der Waals surface area contributed by atoms with Gasteiger partial charge in [-0.05, 0) is 24.0 Å². The van der Waals surface area contributed by atoms with Crippen LogP contribution in [0.5, 0.6) is 5.75 Å². The van der Waals surface area contributed by atoms with Crippen molar-refractivity contribution in [3.8, 4) is 5.75 Å². The van der Waals surface area contributed by atoms with Gasteiger partial charge < -0.3 is 10.5 Å². The second-order valence-electron chi connectivity index (χ2n) is 3.79. The SMILES string of the molecule is COc1ccc(Cc2cnc(SC)nc2N)cc1. The Morgan fingerprint density at radius 2 is 2.00 bits per heavy atom. The van der Waals surface area contributed by atoms with E-state index >= 15 is 0 Å². The van der Waals surface area contributed by atoms with Crippen LogP contribution in [-0.4, -0.2) is 23.3 Å². The lowest BCUT2D eigenvalue weighted by atomic mass is 10.1. The Labute approximate surface area is 111 Å². The van der Waals surface area contributed by atoms with Crippen LogP contribution in [0.3, 0.4) is 0 Å². The summed E-state index contributed by atoms with van der Waals surface area (Å²) < 4.78 is 5.12. The number of nitrogens with two attached hydrogens (primary N) is 1. The summed E-state index contributed by atoms with van der Waals surface area (Å²) in [5, 5.41) is 0.700. The van der Waals surface area contributed by atoms with Crippen LogP contribution in [0.15, 0.2) is 35.6 Å². The Morgan fingerprint density at radius 1 is 1.28 bits per heavy atom. The molecule has 2 rings (SSSR count). The molecular weight excluding hydrogens is 246 g/mol. The zero-order chi connectivity index (χ0) is 13.0. The van der Waals surface area contributed by atoms with Gasteiger partial charge in [0.25, 0.3) is 0 Å². The first-order valence-electron chi connectivity index (χ1n) is 5.51. The van der Waals surface area contributed by atoms with Crippen LogP contribution in [0.2, 0.25) is 0 Å². The predicted octanol–water partition coefficient (Wildman–Crippen LogP) is 2.38. The number of nitrogens with zero attached hydrogens (tertiary/aromatic N) is 2. The van der Waals surface area contributed by atoms with Crippen LogP contribution in [-0.2, 0) is 6.42 Å². The normalized spacial score (nSPS) is 10.3. The molecule has 1 aromatic carbocycles. The first-order chi connectivity index (χ1) is 8.72. The van der Waals surface area contributed by atoms with E-state index in [0.29, 0.717) is 11.0 Å². The second kappa shape index (κ2) is 5.73. The quantitative estimate of drug-likeness (QED) is 0.676. The molecule has 0 aliphatic heterocycles. The third kappa shape index (κ3) is 2.92. The van der Waals surface area contributed by atoms with Crippen molar-refractivity contribution in [2.75, 3.05) is 19.1 Å². The number of aromatic nitrogens is 2. The monoisotopic (exact) mass is 261 g/mol. The molecule has 0 fully saturated rings. The van der Waals surface area contributed by atoms with E-state index in [2.05, 4.69) is 9.97 Å². The molecule has 0 radical (unpaired) electrons. The second-order valence-corrected chi connectivity index (χ2v) is 4.57. The summed E-state index contributed by atoms with van der Waals surface area (Å²) in [6.07, 6.45) is 4.45. The lowest BCUT2D eigenvalue weighted by Gasteiger charge is -2.06. The fourth-order valence-corrected chi connectivity index (χ4v) is 1.95. The highest BCUT2D eigenvalue weighted by Gasteiger charge is 2.05. The van der Waals surface area contributed by atoms with Gasteiger partial charge in [0.05, 0.1) is 7.11 Å². The molecule has 0 saturated heterocycles. The van der Waals surface area contributed by atoms with E-state index in [4.69, 9.17) is 10.5 Å². The largest absolute Gasteiger partial charge is 0.497 e. The Bertz CT molecular complexity index is 528. The van der Waals surface area contributed by atoms with Crippen LogP contribution in [0.1, 0.15) is 11.1 Å². The van der Waals surface area contributed by atoms with Crippen LogP contribution >= 0.6 is 11.8 Å². The van der Waals surface area contributed by atoms with E-state index in [1.807, 2.05) is 30.5 Å². The lowest BCUT2D eigenvalue weighted by molar-refractivity contribution is 0.414. The van der Waals surface area contributed by atoms with Gasteiger partial charge in [-0.2, -0.15) is 0 Å². The molecule has 0 unspecified atom stereocenters. The molecule has 0 bridgehead atoms. The Hall–Kier alpha value is -1.75. The average molecular weight is 261 g/mol. The molecule has 0 aliphatic carbocycles. The van der Waals surface area contributed by atoms with Gasteiger partial charge in [0, 0.05) is 18.2 Å². The highest BCUT2D eigenvalue weighted by molar-refractivity contribution is 7.98. The molecule has 1 heterocycles. The molecular formula is C13H15N3OS. The van der Waals surface area contributed by atoms with E-state index < -0.39 is 0 Å². The Kier molecular flexibility index (Phi) is 4.04. The van der Waals surface area contributed by atoms with Gasteiger partial charge in [-0.25, -0.2) is 9.97 Å². The van der Waals surface area contributed by atoms with Crippen LogP contribution in [0.25, 0.3) is 0 Å². The maximum Gasteiger partial charge on any atom is 0.189 e. The maximum absolute atomic E-state index is 5.91. The number of nitrogen functional groups attached to an aromatic ring is 1. The van der Waals surface area contributed by atoms with E-state index in [1.165, 1.54) is 11.8 Å². The van der Waals surface area contributed by atoms with Crippen molar-refractivity contribution in [2.24, 2.45) is 0 Å². The number of rotatable bonds is 4. The van der Waals surface area contributed by atoms with E-state index in [1.54, 1.807) is 13.3 Å². The number of benzene rings is 1. The number of methoxy groups -OCH3 is 1. The molecule has 0 aliphatic rings. The highest BCUT2D eigenvalue weighted by Crippen LogP contribution is 2.19. The summed E-state index contributed by atoms with van der Waals surface area (Å²) in [6.45, 7) is 0. The van der Waals surface area contributed by atoms with Crippen molar-refractivity contribution >= 4 is 17.6 Å². The smallest absolute Gasteiger partial charge is 0.189 e. The molecule has 4 nitrogen and oxygen atoms in total. The molecule has 2 N–H and O–H groups in total. The van der Waals surface area contributed by atoms with Crippen LogP contribution in [0, 0.1) is 0 Å². The summed E-state index contributed by atoms with van der Waals surface area (Å²) in [5.74, 6) is 1.39. The summed E-state index contributed by atoms with van der Waals surface area (Å²) in [4.78, 5) is 8.46. The minimum Gasteiger partial charge on any atom is -0.497 e. The summed E-state index contributed by atoms with van der Waals surface area (Å²) >= 11 is 1.48. The fraction of sp³-hybridized carbons (Fsp3) is 0.231. The van der Waals surface area contributed by atoms with Gasteiger partial charge in [-0.15, -0.1) is 0 Å². The average Bonchev–Trinajstić information content (AvgIpc) is 2.42. The van der Waals surface area contributed by atoms with Gasteiger partial charge >= 0.3 is 0 Å². The van der Waals surface area contributed by atoms with Crippen LogP contribution in [0.4, 0.5) is 5.82 Å². The predicted molar refractivity (Wildman–Crippen MR) is 74.0 cm³/mol. The lowest BCUT2D eigenvalue weighted by Crippen LogP contribution is -2.01. The van der Waals surface area contributed by atoms with Gasteiger partial charge in [0.1, 0.15) is 11.6 Å². The van der Waals surface area contributed by atoms with Crippen LogP contribution < -0.4 is 10.5 Å². The maximum atomic E-state index is 5.91. The molecule has 0 saturated carbocycles. The number of hydrogen-bond acceptors (Lipinski definition) is 5. The summed E-state index contributed by atoms with van der Waals surface area (Å²) in [7, 11) is 1.65. The van der Waals surface area contributed by atoms with Crippen molar-refractivity contribution in [1.82, 2.24) is 9.97 Å². The molecule has 18 heavy (non-hydrogen) atoms. The highest BCUT2D eigenvalue weighted by atomic mass is 32.2. The molecule has 94 valence electrons. The zero-order valence-electron chi connectivity index (χ0n) is 10.4. The third-order valence-corrected chi connectivity index (χ3v) is 3.17. The molecule has 1 aromatic heterocycles. The Balaban J connectivity index is 2.17. The van der Waals surface area contributed by atoms with Crippen molar-refractivity contribution in [1.29, 1.82) is 0 Å². The first kappa shape index (κ1) is 12.7. The van der Waals surface area contributed by atoms with E-state index in [9.17, 15) is 0 Å². The van der Waals surface area contributed by atoms with Crippen molar-refractivity contribution in [3.63, 3.8) is 0 Å². The topological polar surface area (TPSA) is 61.0 Å². The molecule has 0 amide bonds. The Morgan fingerprint density at radius 3 is 2.56 bits per heavy atom. The van der Waals surface area contributed by atoms with Crippen molar-refractivity contribution in [3.05, 3.63) is 41.6 Å². The first-order valence-corrected chi connectivity index (χ1v) is 6.73.